The van der Waals surface area contributed by atoms with Gasteiger partial charge in [0.25, 0.3) is 5.69 Å². The maximum absolute atomic E-state index is 12.5. The molecule has 1 aromatic rings. The van der Waals surface area contributed by atoms with E-state index in [1.54, 1.807) is 12.1 Å². The van der Waals surface area contributed by atoms with Gasteiger partial charge in [0.15, 0.2) is 0 Å². The molecule has 1 heterocycles. The van der Waals surface area contributed by atoms with Gasteiger partial charge >= 0.3 is 0 Å². The van der Waals surface area contributed by atoms with Crippen LogP contribution in [0.15, 0.2) is 24.3 Å². The van der Waals surface area contributed by atoms with Crippen molar-refractivity contribution >= 4 is 17.3 Å². The van der Waals surface area contributed by atoms with Crippen LogP contribution in [0.4, 0.5) is 11.4 Å². The highest BCUT2D eigenvalue weighted by Crippen LogP contribution is 2.34. The number of nitrogens with one attached hydrogen (secondary N) is 2. The summed E-state index contributed by atoms with van der Waals surface area (Å²) < 4.78 is 0. The van der Waals surface area contributed by atoms with Crippen LogP contribution >= 0.6 is 0 Å². The highest BCUT2D eigenvalue weighted by molar-refractivity contribution is 5.95. The molecular formula is C14H19N3O3. The van der Waals surface area contributed by atoms with Crippen molar-refractivity contribution in [1.29, 1.82) is 0 Å². The van der Waals surface area contributed by atoms with Crippen LogP contribution in [0.3, 0.4) is 0 Å². The first kappa shape index (κ1) is 14.5. The summed E-state index contributed by atoms with van der Waals surface area (Å²) in [5.41, 5.74) is 0.301. The van der Waals surface area contributed by atoms with E-state index in [2.05, 4.69) is 10.6 Å². The Morgan fingerprint density at radius 1 is 1.35 bits per heavy atom. The summed E-state index contributed by atoms with van der Waals surface area (Å²) >= 11 is 0. The Bertz CT molecular complexity index is 493. The molecule has 1 amide bonds. The van der Waals surface area contributed by atoms with Gasteiger partial charge in [0, 0.05) is 17.8 Å². The minimum absolute atomic E-state index is 0.00959. The molecule has 2 N–H and O–H groups in total. The molecule has 1 saturated heterocycles. The van der Waals surface area contributed by atoms with Crippen LogP contribution in [0.25, 0.3) is 0 Å². The SMILES string of the molecule is CCC1(C(=O)Nc2ccc([N+](=O)[O-])cc2)CCNCC1. The molecule has 1 fully saturated rings. The normalized spacial score (nSPS) is 17.4. The van der Waals surface area contributed by atoms with E-state index in [0.717, 1.165) is 32.4 Å². The molecule has 20 heavy (non-hydrogen) atoms. The van der Waals surface area contributed by atoms with Gasteiger partial charge in [-0.3, -0.25) is 14.9 Å². The van der Waals surface area contributed by atoms with Crippen LogP contribution in [0.5, 0.6) is 0 Å². The second kappa shape index (κ2) is 6.00. The lowest BCUT2D eigenvalue weighted by Crippen LogP contribution is -2.44. The molecule has 108 valence electrons. The lowest BCUT2D eigenvalue weighted by molar-refractivity contribution is -0.384. The zero-order chi connectivity index (χ0) is 14.6. The summed E-state index contributed by atoms with van der Waals surface area (Å²) in [6, 6.07) is 5.94. The molecule has 0 atom stereocenters. The molecule has 0 aromatic heterocycles. The van der Waals surface area contributed by atoms with Crippen molar-refractivity contribution in [1.82, 2.24) is 5.32 Å². The van der Waals surface area contributed by atoms with Crippen LogP contribution in [0.2, 0.25) is 0 Å². The Hall–Kier alpha value is -1.95. The number of hydrogen-bond donors (Lipinski definition) is 2. The van der Waals surface area contributed by atoms with E-state index in [9.17, 15) is 14.9 Å². The number of benzene rings is 1. The highest BCUT2D eigenvalue weighted by atomic mass is 16.6. The van der Waals surface area contributed by atoms with Crippen molar-refractivity contribution in [2.75, 3.05) is 18.4 Å². The number of nitro groups is 1. The standard InChI is InChI=1S/C14H19N3O3/c1-2-14(7-9-15-10-8-14)13(18)16-11-3-5-12(6-4-11)17(19)20/h3-6,15H,2,7-10H2,1H3,(H,16,18). The number of rotatable bonds is 4. The summed E-state index contributed by atoms with van der Waals surface area (Å²) in [4.78, 5) is 22.6. The molecule has 0 radical (unpaired) electrons. The van der Waals surface area contributed by atoms with Crippen molar-refractivity contribution in [3.63, 3.8) is 0 Å². The van der Waals surface area contributed by atoms with E-state index in [-0.39, 0.29) is 17.0 Å². The van der Waals surface area contributed by atoms with Crippen molar-refractivity contribution in [2.24, 2.45) is 5.41 Å². The molecule has 1 aliphatic heterocycles. The van der Waals surface area contributed by atoms with Gasteiger partial charge in [-0.1, -0.05) is 6.92 Å². The maximum atomic E-state index is 12.5. The molecule has 0 spiro atoms. The fourth-order valence-electron chi connectivity index (χ4n) is 2.58. The second-order valence-electron chi connectivity index (χ2n) is 5.14. The first-order valence-electron chi connectivity index (χ1n) is 6.84. The van der Waals surface area contributed by atoms with E-state index in [1.807, 2.05) is 6.92 Å². The van der Waals surface area contributed by atoms with Gasteiger partial charge in [-0.25, -0.2) is 0 Å². The number of anilines is 1. The number of amides is 1. The largest absolute Gasteiger partial charge is 0.326 e. The number of carbonyl (C=O) groups excluding carboxylic acids is 1. The predicted octanol–water partition coefficient (Wildman–Crippen LogP) is 2.31. The number of non-ortho nitro benzene ring substituents is 1. The quantitative estimate of drug-likeness (QED) is 0.653. The Morgan fingerprint density at radius 3 is 2.45 bits per heavy atom. The van der Waals surface area contributed by atoms with E-state index in [1.165, 1.54) is 12.1 Å². The van der Waals surface area contributed by atoms with Gasteiger partial charge in [-0.05, 0) is 44.5 Å². The Morgan fingerprint density at radius 2 is 1.95 bits per heavy atom. The number of nitrogens with zero attached hydrogens (tertiary/aromatic N) is 1. The summed E-state index contributed by atoms with van der Waals surface area (Å²) in [7, 11) is 0. The van der Waals surface area contributed by atoms with E-state index in [4.69, 9.17) is 0 Å². The van der Waals surface area contributed by atoms with Crippen molar-refractivity contribution in [3.05, 3.63) is 34.4 Å². The number of hydrogen-bond acceptors (Lipinski definition) is 4. The fourth-order valence-corrected chi connectivity index (χ4v) is 2.58. The molecule has 1 aromatic carbocycles. The van der Waals surface area contributed by atoms with Crippen LogP contribution in [0, 0.1) is 15.5 Å². The molecule has 2 rings (SSSR count). The van der Waals surface area contributed by atoms with Gasteiger partial charge < -0.3 is 10.6 Å². The predicted molar refractivity (Wildman–Crippen MR) is 76.6 cm³/mol. The van der Waals surface area contributed by atoms with Crippen molar-refractivity contribution in [3.8, 4) is 0 Å². The number of nitro benzene ring substituents is 1. The Labute approximate surface area is 117 Å². The number of carbonyl (C=O) groups is 1. The van der Waals surface area contributed by atoms with Crippen LogP contribution in [-0.2, 0) is 4.79 Å². The lowest BCUT2D eigenvalue weighted by atomic mass is 9.76. The molecule has 0 bridgehead atoms. The zero-order valence-electron chi connectivity index (χ0n) is 11.5. The van der Waals surface area contributed by atoms with E-state index in [0.29, 0.717) is 5.69 Å². The molecule has 0 unspecified atom stereocenters. The fraction of sp³-hybridized carbons (Fsp3) is 0.500. The minimum atomic E-state index is -0.452. The molecule has 6 nitrogen and oxygen atoms in total. The molecule has 6 heteroatoms. The van der Waals surface area contributed by atoms with Gasteiger partial charge in [-0.2, -0.15) is 0 Å². The highest BCUT2D eigenvalue weighted by Gasteiger charge is 2.37. The van der Waals surface area contributed by atoms with Gasteiger partial charge in [0.1, 0.15) is 0 Å². The molecular weight excluding hydrogens is 258 g/mol. The summed E-state index contributed by atoms with van der Waals surface area (Å²) in [6.07, 6.45) is 2.44. The third kappa shape index (κ3) is 2.96. The van der Waals surface area contributed by atoms with Crippen molar-refractivity contribution < 1.29 is 9.72 Å². The summed E-state index contributed by atoms with van der Waals surface area (Å²) in [5.74, 6) is 0.00959. The molecule has 1 aliphatic rings. The molecule has 0 saturated carbocycles. The zero-order valence-corrected chi connectivity index (χ0v) is 11.5. The third-order valence-corrected chi connectivity index (χ3v) is 4.06. The van der Waals surface area contributed by atoms with E-state index >= 15 is 0 Å². The average Bonchev–Trinajstić information content (AvgIpc) is 2.48. The number of piperidine rings is 1. The van der Waals surface area contributed by atoms with Crippen LogP contribution < -0.4 is 10.6 Å². The Balaban J connectivity index is 2.08. The van der Waals surface area contributed by atoms with Crippen molar-refractivity contribution in [2.45, 2.75) is 26.2 Å². The average molecular weight is 277 g/mol. The van der Waals surface area contributed by atoms with Gasteiger partial charge in [-0.15, -0.1) is 0 Å². The Kier molecular flexibility index (Phi) is 4.34. The maximum Gasteiger partial charge on any atom is 0.269 e. The minimum Gasteiger partial charge on any atom is -0.326 e. The first-order valence-corrected chi connectivity index (χ1v) is 6.84. The van der Waals surface area contributed by atoms with Gasteiger partial charge in [0.2, 0.25) is 5.91 Å². The second-order valence-corrected chi connectivity index (χ2v) is 5.14. The first-order chi connectivity index (χ1) is 9.57. The topological polar surface area (TPSA) is 84.3 Å². The summed E-state index contributed by atoms with van der Waals surface area (Å²) in [6.45, 7) is 3.73. The summed E-state index contributed by atoms with van der Waals surface area (Å²) in [5, 5.41) is 16.7. The third-order valence-electron chi connectivity index (χ3n) is 4.06. The van der Waals surface area contributed by atoms with Crippen LogP contribution in [0.1, 0.15) is 26.2 Å². The van der Waals surface area contributed by atoms with E-state index < -0.39 is 4.92 Å². The lowest BCUT2D eigenvalue weighted by Gasteiger charge is -2.35. The van der Waals surface area contributed by atoms with Crippen LogP contribution in [-0.4, -0.2) is 23.9 Å². The monoisotopic (exact) mass is 277 g/mol. The van der Waals surface area contributed by atoms with Gasteiger partial charge in [0.05, 0.1) is 10.3 Å². The smallest absolute Gasteiger partial charge is 0.269 e. The molecule has 0 aliphatic carbocycles.